The van der Waals surface area contributed by atoms with Gasteiger partial charge in [0.15, 0.2) is 0 Å². The second-order valence-corrected chi connectivity index (χ2v) is 3.06. The lowest BCUT2D eigenvalue weighted by molar-refractivity contribution is 0.0804. The molecule has 1 aromatic rings. The molecule has 0 fully saturated rings. The quantitative estimate of drug-likeness (QED) is 0.690. The van der Waals surface area contributed by atoms with Crippen molar-refractivity contribution in [3.05, 3.63) is 23.5 Å². The summed E-state index contributed by atoms with van der Waals surface area (Å²) in [5, 5.41) is 17.9. The molecule has 1 aromatic heterocycles. The zero-order chi connectivity index (χ0) is 9.14. The van der Waals surface area contributed by atoms with Crippen LogP contribution in [0, 0.1) is 13.8 Å². The van der Waals surface area contributed by atoms with Crippen molar-refractivity contribution in [2.75, 3.05) is 6.61 Å². The molecule has 0 aliphatic carbocycles. The number of hydrogen-bond donors (Lipinski definition) is 2. The summed E-state index contributed by atoms with van der Waals surface area (Å²) in [5.74, 6) is 0. The van der Waals surface area contributed by atoms with Gasteiger partial charge in [-0.3, -0.25) is 0 Å². The lowest BCUT2D eigenvalue weighted by Crippen LogP contribution is -2.21. The van der Waals surface area contributed by atoms with Gasteiger partial charge in [0, 0.05) is 11.4 Å². The Morgan fingerprint density at radius 3 is 2.25 bits per heavy atom. The summed E-state index contributed by atoms with van der Waals surface area (Å²) in [5.41, 5.74) is 2.22. The Labute approximate surface area is 72.3 Å². The lowest BCUT2D eigenvalue weighted by atomic mass is 10.3. The maximum Gasteiger partial charge on any atom is 0.0949 e. The van der Waals surface area contributed by atoms with Crippen LogP contribution >= 0.6 is 0 Å². The summed E-state index contributed by atoms with van der Waals surface area (Å²) >= 11 is 0. The van der Waals surface area contributed by atoms with Crippen LogP contribution in [0.3, 0.4) is 0 Å². The average molecular weight is 169 g/mol. The first kappa shape index (κ1) is 9.29. The minimum Gasteiger partial charge on any atom is -0.394 e. The molecule has 0 spiro atoms. The molecule has 68 valence electrons. The van der Waals surface area contributed by atoms with Gasteiger partial charge in [-0.2, -0.15) is 0 Å². The van der Waals surface area contributed by atoms with Crippen molar-refractivity contribution in [1.29, 1.82) is 0 Å². The summed E-state index contributed by atoms with van der Waals surface area (Å²) in [4.78, 5) is 0. The summed E-state index contributed by atoms with van der Waals surface area (Å²) in [7, 11) is 0. The van der Waals surface area contributed by atoms with E-state index < -0.39 is 6.10 Å². The first-order valence-corrected chi connectivity index (χ1v) is 4.07. The zero-order valence-corrected chi connectivity index (χ0v) is 7.49. The van der Waals surface area contributed by atoms with Crippen LogP contribution in [0.25, 0.3) is 0 Å². The molecule has 12 heavy (non-hydrogen) atoms. The highest BCUT2D eigenvalue weighted by Gasteiger charge is 2.06. The smallest absolute Gasteiger partial charge is 0.0949 e. The molecule has 0 saturated heterocycles. The monoisotopic (exact) mass is 169 g/mol. The van der Waals surface area contributed by atoms with Gasteiger partial charge in [0.25, 0.3) is 0 Å². The molecular weight excluding hydrogens is 154 g/mol. The van der Waals surface area contributed by atoms with Crippen LogP contribution in [-0.4, -0.2) is 27.5 Å². The van der Waals surface area contributed by atoms with E-state index in [1.165, 1.54) is 0 Å². The fourth-order valence-corrected chi connectivity index (χ4v) is 1.26. The molecule has 0 bridgehead atoms. The molecule has 0 unspecified atom stereocenters. The van der Waals surface area contributed by atoms with Gasteiger partial charge >= 0.3 is 0 Å². The molecule has 2 N–H and O–H groups in total. The number of aryl methyl sites for hydroxylation is 2. The van der Waals surface area contributed by atoms with Crippen LogP contribution in [0.2, 0.25) is 0 Å². The molecule has 3 nitrogen and oxygen atoms in total. The van der Waals surface area contributed by atoms with Gasteiger partial charge in [-0.1, -0.05) is 0 Å². The number of aromatic nitrogens is 1. The normalized spacial score (nSPS) is 13.3. The van der Waals surface area contributed by atoms with Crippen molar-refractivity contribution < 1.29 is 10.2 Å². The molecule has 0 amide bonds. The summed E-state index contributed by atoms with van der Waals surface area (Å²) in [6, 6.07) is 4.00. The van der Waals surface area contributed by atoms with Crippen LogP contribution < -0.4 is 0 Å². The van der Waals surface area contributed by atoms with Crippen LogP contribution in [0.15, 0.2) is 12.1 Å². The molecule has 3 heteroatoms. The fraction of sp³-hybridized carbons (Fsp3) is 0.556. The van der Waals surface area contributed by atoms with Gasteiger partial charge in [-0.05, 0) is 26.0 Å². The van der Waals surface area contributed by atoms with Crippen molar-refractivity contribution in [3.8, 4) is 0 Å². The first-order valence-electron chi connectivity index (χ1n) is 4.07. The Bertz CT molecular complexity index is 236. The Hall–Kier alpha value is -0.800. The van der Waals surface area contributed by atoms with Crippen LogP contribution in [0.4, 0.5) is 0 Å². The predicted molar refractivity (Wildman–Crippen MR) is 47.0 cm³/mol. The van der Waals surface area contributed by atoms with Crippen LogP contribution in [0.1, 0.15) is 11.4 Å². The van der Waals surface area contributed by atoms with Crippen molar-refractivity contribution in [2.45, 2.75) is 26.5 Å². The predicted octanol–water partition coefficient (Wildman–Crippen LogP) is 0.458. The summed E-state index contributed by atoms with van der Waals surface area (Å²) < 4.78 is 1.99. The van der Waals surface area contributed by atoms with Crippen molar-refractivity contribution >= 4 is 0 Å². The highest BCUT2D eigenvalue weighted by Crippen LogP contribution is 2.07. The third-order valence-corrected chi connectivity index (χ3v) is 2.02. The van der Waals surface area contributed by atoms with E-state index in [0.717, 1.165) is 11.4 Å². The first-order chi connectivity index (χ1) is 5.65. The maximum atomic E-state index is 9.21. The molecule has 0 aliphatic rings. The second kappa shape index (κ2) is 3.74. The van der Waals surface area contributed by atoms with E-state index in [1.54, 1.807) is 0 Å². The fourth-order valence-electron chi connectivity index (χ4n) is 1.26. The molecule has 1 atom stereocenters. The van der Waals surface area contributed by atoms with Gasteiger partial charge in [0.1, 0.15) is 0 Å². The van der Waals surface area contributed by atoms with Gasteiger partial charge in [0.05, 0.1) is 19.3 Å². The minimum absolute atomic E-state index is 0.183. The third kappa shape index (κ3) is 1.87. The van der Waals surface area contributed by atoms with E-state index in [4.69, 9.17) is 5.11 Å². The highest BCUT2D eigenvalue weighted by molar-refractivity contribution is 5.13. The SMILES string of the molecule is Cc1ccc(C)n1C[C@H](O)CO. The summed E-state index contributed by atoms with van der Waals surface area (Å²) in [6.07, 6.45) is -0.658. The van der Waals surface area contributed by atoms with E-state index in [-0.39, 0.29) is 6.61 Å². The van der Waals surface area contributed by atoms with E-state index in [2.05, 4.69) is 0 Å². The van der Waals surface area contributed by atoms with E-state index in [9.17, 15) is 5.11 Å². The number of hydrogen-bond acceptors (Lipinski definition) is 2. The van der Waals surface area contributed by atoms with E-state index in [0.29, 0.717) is 6.54 Å². The molecule has 0 radical (unpaired) electrons. The van der Waals surface area contributed by atoms with Gasteiger partial charge in [0.2, 0.25) is 0 Å². The van der Waals surface area contributed by atoms with Crippen molar-refractivity contribution in [2.24, 2.45) is 0 Å². The van der Waals surface area contributed by atoms with Crippen molar-refractivity contribution in [3.63, 3.8) is 0 Å². The molecule has 0 saturated carbocycles. The van der Waals surface area contributed by atoms with E-state index >= 15 is 0 Å². The Balaban J connectivity index is 2.73. The van der Waals surface area contributed by atoms with Crippen LogP contribution in [-0.2, 0) is 6.54 Å². The van der Waals surface area contributed by atoms with Gasteiger partial charge < -0.3 is 14.8 Å². The van der Waals surface area contributed by atoms with Gasteiger partial charge in [-0.25, -0.2) is 0 Å². The Kier molecular flexibility index (Phi) is 2.89. The average Bonchev–Trinajstić information content (AvgIpc) is 2.35. The number of nitrogens with zero attached hydrogens (tertiary/aromatic N) is 1. The van der Waals surface area contributed by atoms with Crippen molar-refractivity contribution in [1.82, 2.24) is 4.57 Å². The van der Waals surface area contributed by atoms with E-state index in [1.807, 2.05) is 30.5 Å². The third-order valence-electron chi connectivity index (χ3n) is 2.02. The number of rotatable bonds is 3. The highest BCUT2D eigenvalue weighted by atomic mass is 16.3. The molecule has 1 rings (SSSR count). The standard InChI is InChI=1S/C9H15NO2/c1-7-3-4-8(2)10(7)5-9(12)6-11/h3-4,9,11-12H,5-6H2,1-2H3/t9-/m0/s1. The Morgan fingerprint density at radius 1 is 1.33 bits per heavy atom. The Morgan fingerprint density at radius 2 is 1.83 bits per heavy atom. The topological polar surface area (TPSA) is 45.4 Å². The number of aliphatic hydroxyl groups is 2. The molecule has 1 heterocycles. The lowest BCUT2D eigenvalue weighted by Gasteiger charge is -2.12. The maximum absolute atomic E-state index is 9.21. The number of aliphatic hydroxyl groups excluding tert-OH is 2. The minimum atomic E-state index is -0.658. The van der Waals surface area contributed by atoms with Gasteiger partial charge in [-0.15, -0.1) is 0 Å². The van der Waals surface area contributed by atoms with Crippen LogP contribution in [0.5, 0.6) is 0 Å². The summed E-state index contributed by atoms with van der Waals surface area (Å²) in [6.45, 7) is 4.26. The molecule has 0 aliphatic heterocycles. The second-order valence-electron chi connectivity index (χ2n) is 3.06. The molecule has 0 aromatic carbocycles. The largest absolute Gasteiger partial charge is 0.394 e. The zero-order valence-electron chi connectivity index (χ0n) is 7.49. The molecular formula is C9H15NO2.